The number of piperazine rings is 1. The largest absolute Gasteiger partial charge is 0.495 e. The topological polar surface area (TPSA) is 91.4 Å². The number of likely N-dealkylation sites (N-methyl/N-ethyl adjacent to an activating group) is 1. The first kappa shape index (κ1) is 27.7. The monoisotopic (exact) mass is 550 g/mol. The Morgan fingerprint density at radius 1 is 1.14 bits per heavy atom. The second-order valence-electron chi connectivity index (χ2n) is 9.54. The summed E-state index contributed by atoms with van der Waals surface area (Å²) in [7, 11) is -0.193. The molecule has 0 saturated carbocycles. The number of hydrogen-bond acceptors (Lipinski definition) is 7. The first-order valence-electron chi connectivity index (χ1n) is 12.5. The number of nitrogens with zero attached hydrogens (tertiary/aromatic N) is 3. The molecule has 2 aromatic carbocycles. The van der Waals surface area contributed by atoms with Gasteiger partial charge in [-0.2, -0.15) is 4.31 Å². The van der Waals surface area contributed by atoms with E-state index in [-0.39, 0.29) is 16.8 Å². The van der Waals surface area contributed by atoms with E-state index in [0.717, 1.165) is 30.8 Å². The van der Waals surface area contributed by atoms with Crippen LogP contribution in [0.3, 0.4) is 0 Å². The summed E-state index contributed by atoms with van der Waals surface area (Å²) in [6.45, 7) is 4.84. The van der Waals surface area contributed by atoms with Gasteiger partial charge in [0.05, 0.1) is 7.11 Å². The van der Waals surface area contributed by atoms with E-state index in [1.807, 2.05) is 18.2 Å². The van der Waals surface area contributed by atoms with Gasteiger partial charge in [0.2, 0.25) is 15.9 Å². The highest BCUT2D eigenvalue weighted by atomic mass is 35.5. The zero-order valence-corrected chi connectivity index (χ0v) is 22.9. The van der Waals surface area contributed by atoms with E-state index in [1.54, 1.807) is 12.1 Å². The van der Waals surface area contributed by atoms with Crippen LogP contribution in [0.25, 0.3) is 0 Å². The van der Waals surface area contributed by atoms with Gasteiger partial charge < -0.3 is 19.7 Å². The molecule has 11 heteroatoms. The minimum absolute atomic E-state index is 0.0952. The molecule has 0 spiro atoms. The van der Waals surface area contributed by atoms with Crippen LogP contribution in [0, 0.1) is 0 Å². The summed E-state index contributed by atoms with van der Waals surface area (Å²) in [5.74, 6) is 1.24. The predicted octanol–water partition coefficient (Wildman–Crippen LogP) is 2.44. The van der Waals surface area contributed by atoms with E-state index in [1.165, 1.54) is 17.5 Å². The molecular formula is C26H35ClN4O5S. The smallest absolute Gasteiger partial charge is 0.246 e. The summed E-state index contributed by atoms with van der Waals surface area (Å²) in [5.41, 5.74) is 1.15. The molecule has 0 aromatic heterocycles. The fraction of sp³-hybridized carbons (Fsp3) is 0.500. The lowest BCUT2D eigenvalue weighted by Crippen LogP contribution is -2.49. The quantitative estimate of drug-likeness (QED) is 0.459. The van der Waals surface area contributed by atoms with Crippen molar-refractivity contribution < 1.29 is 22.7 Å². The summed E-state index contributed by atoms with van der Waals surface area (Å²) in [6, 6.07) is 12.9. The van der Waals surface area contributed by atoms with Gasteiger partial charge in [0.1, 0.15) is 23.0 Å². The molecule has 0 radical (unpaired) electrons. The summed E-state index contributed by atoms with van der Waals surface area (Å²) in [6.07, 6.45) is 1.50. The zero-order chi connectivity index (χ0) is 26.4. The molecule has 202 valence electrons. The van der Waals surface area contributed by atoms with Crippen LogP contribution in [0.1, 0.15) is 18.4 Å². The highest BCUT2D eigenvalue weighted by molar-refractivity contribution is 7.89. The van der Waals surface area contributed by atoms with Gasteiger partial charge in [-0.25, -0.2) is 8.42 Å². The van der Waals surface area contributed by atoms with Crippen LogP contribution in [0.2, 0.25) is 5.02 Å². The number of methoxy groups -OCH3 is 1. The number of carbonyl (C=O) groups is 1. The van der Waals surface area contributed by atoms with Crippen LogP contribution in [0.15, 0.2) is 47.4 Å². The van der Waals surface area contributed by atoms with Crippen molar-refractivity contribution in [2.45, 2.75) is 30.3 Å². The minimum Gasteiger partial charge on any atom is -0.495 e. The zero-order valence-electron chi connectivity index (χ0n) is 21.4. The van der Waals surface area contributed by atoms with E-state index in [2.05, 4.69) is 28.2 Å². The highest BCUT2D eigenvalue weighted by Gasteiger charge is 2.31. The number of hydrogen-bond donors (Lipinski definition) is 1. The molecule has 0 aliphatic carbocycles. The molecule has 2 saturated heterocycles. The Morgan fingerprint density at radius 2 is 1.92 bits per heavy atom. The molecule has 2 aromatic rings. The summed E-state index contributed by atoms with van der Waals surface area (Å²) in [5, 5.41) is 3.37. The standard InChI is InChI=1S/C26H35ClN4O5S/c1-29(19-22-7-9-26(32)28-22)18-20-4-3-5-23(16-20)36-15-14-30-10-12-31(13-11-30)37(33,34)25-17-21(27)6-8-24(25)35-2/h3-6,8,16-17,22H,7,9-15,18-19H2,1-2H3,(H,28,32)/t22-/m1/s1. The first-order valence-corrected chi connectivity index (χ1v) is 14.3. The lowest BCUT2D eigenvalue weighted by molar-refractivity contribution is -0.119. The van der Waals surface area contributed by atoms with Gasteiger partial charge in [-0.3, -0.25) is 9.69 Å². The number of carbonyl (C=O) groups excluding carboxylic acids is 1. The molecule has 2 aliphatic rings. The van der Waals surface area contributed by atoms with Crippen molar-refractivity contribution in [2.75, 3.05) is 60.0 Å². The minimum atomic E-state index is -3.70. The Bertz CT molecular complexity index is 1190. The maximum absolute atomic E-state index is 13.2. The van der Waals surface area contributed by atoms with Crippen molar-refractivity contribution in [1.82, 2.24) is 19.4 Å². The van der Waals surface area contributed by atoms with Crippen molar-refractivity contribution in [3.63, 3.8) is 0 Å². The van der Waals surface area contributed by atoms with E-state index in [0.29, 0.717) is 56.5 Å². The third kappa shape index (κ3) is 7.36. The second kappa shape index (κ2) is 12.4. The van der Waals surface area contributed by atoms with Gasteiger partial charge in [-0.15, -0.1) is 0 Å². The number of ether oxygens (including phenoxy) is 2. The molecule has 1 atom stereocenters. The molecule has 2 heterocycles. The van der Waals surface area contributed by atoms with Crippen molar-refractivity contribution in [2.24, 2.45) is 0 Å². The Morgan fingerprint density at radius 3 is 2.62 bits per heavy atom. The molecule has 2 fully saturated rings. The molecule has 4 rings (SSSR count). The van der Waals surface area contributed by atoms with Gasteiger partial charge in [-0.1, -0.05) is 23.7 Å². The van der Waals surface area contributed by atoms with Gasteiger partial charge in [0.25, 0.3) is 0 Å². The van der Waals surface area contributed by atoms with E-state index >= 15 is 0 Å². The van der Waals surface area contributed by atoms with Crippen LogP contribution in [-0.2, 0) is 21.4 Å². The van der Waals surface area contributed by atoms with Crippen LogP contribution in [0.5, 0.6) is 11.5 Å². The van der Waals surface area contributed by atoms with E-state index in [9.17, 15) is 13.2 Å². The molecule has 37 heavy (non-hydrogen) atoms. The van der Waals surface area contributed by atoms with Gasteiger partial charge in [0.15, 0.2) is 0 Å². The van der Waals surface area contributed by atoms with Crippen molar-refractivity contribution >= 4 is 27.5 Å². The number of halogens is 1. The van der Waals surface area contributed by atoms with Crippen molar-refractivity contribution in [1.29, 1.82) is 0 Å². The molecule has 1 N–H and O–H groups in total. The average molecular weight is 551 g/mol. The summed E-state index contributed by atoms with van der Waals surface area (Å²) >= 11 is 6.05. The summed E-state index contributed by atoms with van der Waals surface area (Å²) in [4.78, 5) is 15.9. The van der Waals surface area contributed by atoms with Gasteiger partial charge in [0, 0.05) is 63.3 Å². The highest BCUT2D eigenvalue weighted by Crippen LogP contribution is 2.30. The number of nitrogens with one attached hydrogen (secondary N) is 1. The Labute approximate surface area is 224 Å². The predicted molar refractivity (Wildman–Crippen MR) is 143 cm³/mol. The fourth-order valence-corrected chi connectivity index (χ4v) is 6.62. The second-order valence-corrected chi connectivity index (χ2v) is 11.9. The normalized spacial score (nSPS) is 19.2. The molecule has 2 aliphatic heterocycles. The molecule has 0 unspecified atom stereocenters. The van der Waals surface area contributed by atoms with Crippen LogP contribution < -0.4 is 14.8 Å². The lowest BCUT2D eigenvalue weighted by atomic mass is 10.1. The van der Waals surface area contributed by atoms with E-state index in [4.69, 9.17) is 21.1 Å². The Hall–Kier alpha value is -2.37. The third-order valence-electron chi connectivity index (χ3n) is 6.72. The number of benzene rings is 2. The van der Waals surface area contributed by atoms with Gasteiger partial charge >= 0.3 is 0 Å². The van der Waals surface area contributed by atoms with Crippen molar-refractivity contribution in [3.05, 3.63) is 53.1 Å². The lowest BCUT2D eigenvalue weighted by Gasteiger charge is -2.34. The Kier molecular flexibility index (Phi) is 9.31. The molecule has 9 nitrogen and oxygen atoms in total. The van der Waals surface area contributed by atoms with Crippen LogP contribution >= 0.6 is 11.6 Å². The average Bonchev–Trinajstić information content (AvgIpc) is 3.28. The van der Waals surface area contributed by atoms with Crippen LogP contribution in [0.4, 0.5) is 0 Å². The van der Waals surface area contributed by atoms with E-state index < -0.39 is 10.0 Å². The van der Waals surface area contributed by atoms with Crippen LogP contribution in [-0.4, -0.2) is 94.5 Å². The third-order valence-corrected chi connectivity index (χ3v) is 8.87. The van der Waals surface area contributed by atoms with Crippen molar-refractivity contribution in [3.8, 4) is 11.5 Å². The Balaban J connectivity index is 1.22. The molecule has 0 bridgehead atoms. The molecule has 1 amide bonds. The summed E-state index contributed by atoms with van der Waals surface area (Å²) < 4.78 is 39.1. The fourth-order valence-electron chi connectivity index (χ4n) is 4.78. The molecular weight excluding hydrogens is 516 g/mol. The SMILES string of the molecule is COc1ccc(Cl)cc1S(=O)(=O)N1CCN(CCOc2cccc(CN(C)C[C@H]3CCC(=O)N3)c2)CC1. The number of rotatable bonds is 11. The number of amides is 1. The number of sulfonamides is 1. The maximum atomic E-state index is 13.2. The van der Waals surface area contributed by atoms with Gasteiger partial charge in [-0.05, 0) is 49.4 Å². The maximum Gasteiger partial charge on any atom is 0.246 e. The first-order chi connectivity index (χ1) is 17.7.